The maximum absolute atomic E-state index is 13.1. The average Bonchev–Trinajstić information content (AvgIpc) is 3.01. The Morgan fingerprint density at radius 3 is 2.79 bits per heavy atom. The minimum atomic E-state index is -0.482. The van der Waals surface area contributed by atoms with Crippen LogP contribution < -0.4 is 5.56 Å². The van der Waals surface area contributed by atoms with Gasteiger partial charge in [-0.2, -0.15) is 5.10 Å². The van der Waals surface area contributed by atoms with Gasteiger partial charge in [-0.25, -0.2) is 14.3 Å². The second kappa shape index (κ2) is 6.76. The fourth-order valence-electron chi connectivity index (χ4n) is 3.25. The van der Waals surface area contributed by atoms with Gasteiger partial charge in [-0.15, -0.1) is 0 Å². The number of carbonyl (C=O) groups is 1. The molecular formula is C20H17ClN4O3. The van der Waals surface area contributed by atoms with Gasteiger partial charge >= 0.3 is 5.97 Å². The number of pyridine rings is 1. The molecule has 142 valence electrons. The van der Waals surface area contributed by atoms with Crippen LogP contribution in [0.15, 0.2) is 41.5 Å². The van der Waals surface area contributed by atoms with Gasteiger partial charge in [0.15, 0.2) is 5.65 Å². The predicted octanol–water partition coefficient (Wildman–Crippen LogP) is 3.48. The zero-order valence-electron chi connectivity index (χ0n) is 15.6. The molecule has 4 rings (SSSR count). The highest BCUT2D eigenvalue weighted by atomic mass is 35.5. The number of aryl methyl sites for hydroxylation is 2. The molecule has 0 unspecified atom stereocenters. The van der Waals surface area contributed by atoms with Crippen LogP contribution in [0.4, 0.5) is 0 Å². The van der Waals surface area contributed by atoms with Gasteiger partial charge in [-0.05, 0) is 44.5 Å². The van der Waals surface area contributed by atoms with Crippen molar-refractivity contribution in [3.63, 3.8) is 0 Å². The lowest BCUT2D eigenvalue weighted by Gasteiger charge is -2.11. The third-order valence-corrected chi connectivity index (χ3v) is 4.83. The molecule has 0 saturated heterocycles. The summed E-state index contributed by atoms with van der Waals surface area (Å²) in [6.45, 7) is 5.62. The minimum absolute atomic E-state index is 0.247. The summed E-state index contributed by atoms with van der Waals surface area (Å²) >= 11 is 6.11. The number of hydrogen-bond acceptors (Lipinski definition) is 5. The van der Waals surface area contributed by atoms with Crippen molar-refractivity contribution >= 4 is 34.1 Å². The molecule has 0 spiro atoms. The van der Waals surface area contributed by atoms with Gasteiger partial charge in [0.05, 0.1) is 28.9 Å². The van der Waals surface area contributed by atoms with E-state index < -0.39 is 5.97 Å². The second-order valence-electron chi connectivity index (χ2n) is 6.40. The van der Waals surface area contributed by atoms with Crippen molar-refractivity contribution in [1.82, 2.24) is 19.2 Å². The summed E-state index contributed by atoms with van der Waals surface area (Å²) in [5.41, 5.74) is 3.09. The molecule has 1 aromatic carbocycles. The van der Waals surface area contributed by atoms with Crippen molar-refractivity contribution in [3.05, 3.63) is 68.9 Å². The molecule has 0 fully saturated rings. The number of ether oxygens (including phenoxy) is 1. The molecule has 7 nitrogen and oxygen atoms in total. The molecule has 28 heavy (non-hydrogen) atoms. The van der Waals surface area contributed by atoms with Crippen LogP contribution in [0.3, 0.4) is 0 Å². The Bertz CT molecular complexity index is 1310. The van der Waals surface area contributed by atoms with Crippen molar-refractivity contribution in [1.29, 1.82) is 0 Å². The van der Waals surface area contributed by atoms with Gasteiger partial charge in [0, 0.05) is 17.4 Å². The Balaban J connectivity index is 1.98. The van der Waals surface area contributed by atoms with Gasteiger partial charge in [0.1, 0.15) is 5.56 Å². The van der Waals surface area contributed by atoms with Crippen LogP contribution in [-0.4, -0.2) is 31.7 Å². The van der Waals surface area contributed by atoms with Gasteiger partial charge in [-0.3, -0.25) is 9.36 Å². The summed E-state index contributed by atoms with van der Waals surface area (Å²) in [5.74, 6) is -0.482. The molecule has 0 N–H and O–H groups in total. The first kappa shape index (κ1) is 18.2. The number of halogens is 1. The fraction of sp³-hybridized carbons (Fsp3) is 0.200. The van der Waals surface area contributed by atoms with E-state index in [-0.39, 0.29) is 12.2 Å². The lowest BCUT2D eigenvalue weighted by atomic mass is 10.2. The Kier molecular flexibility index (Phi) is 4.39. The highest BCUT2D eigenvalue weighted by Gasteiger charge is 2.21. The largest absolute Gasteiger partial charge is 0.462 e. The van der Waals surface area contributed by atoms with Crippen LogP contribution in [0.2, 0.25) is 5.02 Å². The molecule has 0 saturated carbocycles. The lowest BCUT2D eigenvalue weighted by molar-refractivity contribution is 0.0527. The fourth-order valence-corrected chi connectivity index (χ4v) is 3.42. The number of carbonyl (C=O) groups excluding carboxylic acids is 1. The standard InChI is InChI=1S/C20H17ClN4O3/c1-4-28-20(27)17-12(3)23-25-15-7-8-24(16-9-13(21)6-5-11(16)2)19(26)14(15)10-22-18(17)25/h5-10H,4H2,1-3H3. The first-order chi connectivity index (χ1) is 13.4. The van der Waals surface area contributed by atoms with Crippen molar-refractivity contribution in [2.75, 3.05) is 6.61 Å². The monoisotopic (exact) mass is 396 g/mol. The summed E-state index contributed by atoms with van der Waals surface area (Å²) in [5, 5.41) is 5.33. The number of esters is 1. The third-order valence-electron chi connectivity index (χ3n) is 4.60. The Hall–Kier alpha value is -3.19. The quantitative estimate of drug-likeness (QED) is 0.495. The Labute approximate surface area is 165 Å². The predicted molar refractivity (Wildman–Crippen MR) is 107 cm³/mol. The van der Waals surface area contributed by atoms with Gasteiger partial charge in [0.2, 0.25) is 0 Å². The summed E-state index contributed by atoms with van der Waals surface area (Å²) in [6, 6.07) is 7.15. The van der Waals surface area contributed by atoms with Gasteiger partial charge in [-0.1, -0.05) is 17.7 Å². The molecule has 0 aliphatic heterocycles. The van der Waals surface area contributed by atoms with E-state index in [1.54, 1.807) is 38.2 Å². The topological polar surface area (TPSA) is 78.5 Å². The van der Waals surface area contributed by atoms with E-state index in [2.05, 4.69) is 10.1 Å². The molecule has 3 heterocycles. The number of fused-ring (bicyclic) bond motifs is 3. The average molecular weight is 397 g/mol. The highest BCUT2D eigenvalue weighted by molar-refractivity contribution is 6.30. The van der Waals surface area contributed by atoms with Crippen LogP contribution in [-0.2, 0) is 4.74 Å². The van der Waals surface area contributed by atoms with Crippen LogP contribution in [0.1, 0.15) is 28.5 Å². The molecule has 0 bridgehead atoms. The Morgan fingerprint density at radius 2 is 2.04 bits per heavy atom. The van der Waals surface area contributed by atoms with E-state index in [0.29, 0.717) is 38.5 Å². The van der Waals surface area contributed by atoms with Gasteiger partial charge in [0.25, 0.3) is 5.56 Å². The summed E-state index contributed by atoms with van der Waals surface area (Å²) in [6.07, 6.45) is 3.14. The van der Waals surface area contributed by atoms with E-state index in [1.807, 2.05) is 13.0 Å². The summed E-state index contributed by atoms with van der Waals surface area (Å²) in [4.78, 5) is 29.7. The van der Waals surface area contributed by atoms with Gasteiger partial charge < -0.3 is 4.74 Å². The van der Waals surface area contributed by atoms with Crippen molar-refractivity contribution < 1.29 is 9.53 Å². The maximum atomic E-state index is 13.1. The molecule has 8 heteroatoms. The molecule has 4 aromatic rings. The molecule has 0 aliphatic carbocycles. The van der Waals surface area contributed by atoms with E-state index in [0.717, 1.165) is 5.56 Å². The van der Waals surface area contributed by atoms with E-state index in [4.69, 9.17) is 16.3 Å². The van der Waals surface area contributed by atoms with Crippen molar-refractivity contribution in [2.45, 2.75) is 20.8 Å². The smallest absolute Gasteiger partial charge is 0.343 e. The first-order valence-corrected chi connectivity index (χ1v) is 9.13. The van der Waals surface area contributed by atoms with Crippen molar-refractivity contribution in [3.8, 4) is 5.69 Å². The summed E-state index contributed by atoms with van der Waals surface area (Å²) in [7, 11) is 0. The normalized spacial score (nSPS) is 11.3. The Morgan fingerprint density at radius 1 is 1.25 bits per heavy atom. The first-order valence-electron chi connectivity index (χ1n) is 8.75. The molecule has 0 atom stereocenters. The van der Waals surface area contributed by atoms with Crippen LogP contribution in [0.25, 0.3) is 22.2 Å². The zero-order valence-corrected chi connectivity index (χ0v) is 16.3. The van der Waals surface area contributed by atoms with E-state index in [9.17, 15) is 9.59 Å². The maximum Gasteiger partial charge on any atom is 0.343 e. The molecule has 0 radical (unpaired) electrons. The zero-order chi connectivity index (χ0) is 20.0. The second-order valence-corrected chi connectivity index (χ2v) is 6.83. The van der Waals surface area contributed by atoms with Crippen LogP contribution in [0, 0.1) is 13.8 Å². The lowest BCUT2D eigenvalue weighted by Crippen LogP contribution is -2.19. The molecule has 0 amide bonds. The number of benzene rings is 1. The van der Waals surface area contributed by atoms with E-state index in [1.165, 1.54) is 15.3 Å². The number of hydrogen-bond donors (Lipinski definition) is 0. The highest BCUT2D eigenvalue weighted by Crippen LogP contribution is 2.22. The van der Waals surface area contributed by atoms with Crippen molar-refractivity contribution in [2.24, 2.45) is 0 Å². The molecule has 0 aliphatic rings. The molecular weight excluding hydrogens is 380 g/mol. The number of aromatic nitrogens is 4. The number of nitrogens with zero attached hydrogens (tertiary/aromatic N) is 4. The molecule has 3 aromatic heterocycles. The minimum Gasteiger partial charge on any atom is -0.462 e. The summed E-state index contributed by atoms with van der Waals surface area (Å²) < 4.78 is 8.14. The van der Waals surface area contributed by atoms with Crippen LogP contribution in [0.5, 0.6) is 0 Å². The van der Waals surface area contributed by atoms with Crippen LogP contribution >= 0.6 is 11.6 Å². The third kappa shape index (κ3) is 2.75. The number of rotatable bonds is 3. The SMILES string of the molecule is CCOC(=O)c1c(C)nn2c1ncc1c(=O)n(-c3cc(Cl)ccc3C)ccc12. The van der Waals surface area contributed by atoms with E-state index >= 15 is 0 Å².